The number of likely N-dealkylation sites (tertiary alicyclic amines) is 1. The molecule has 1 aromatic carbocycles. The van der Waals surface area contributed by atoms with E-state index in [0.717, 1.165) is 6.42 Å². The Morgan fingerprint density at radius 3 is 2.50 bits per heavy atom. The average Bonchev–Trinajstić information content (AvgIpc) is 3.05. The Morgan fingerprint density at radius 1 is 1.27 bits per heavy atom. The highest BCUT2D eigenvalue weighted by atomic mass is 32.2. The Hall–Kier alpha value is -1.60. The van der Waals surface area contributed by atoms with Crippen molar-refractivity contribution in [2.45, 2.75) is 50.6 Å². The van der Waals surface area contributed by atoms with Crippen LogP contribution >= 0.6 is 0 Å². The first-order valence-electron chi connectivity index (χ1n) is 9.19. The molecule has 144 valence electrons. The van der Waals surface area contributed by atoms with Crippen LogP contribution in [0.4, 0.5) is 0 Å². The maximum atomic E-state index is 12.6. The molecule has 0 radical (unpaired) electrons. The van der Waals surface area contributed by atoms with Crippen molar-refractivity contribution in [1.82, 2.24) is 9.62 Å². The van der Waals surface area contributed by atoms with E-state index < -0.39 is 10.0 Å². The first-order chi connectivity index (χ1) is 12.2. The number of benzene rings is 1. The fraction of sp³-hybridized carbons (Fsp3) is 0.632. The molecule has 1 saturated carbocycles. The van der Waals surface area contributed by atoms with Crippen molar-refractivity contribution in [1.29, 1.82) is 0 Å². The lowest BCUT2D eigenvalue weighted by Gasteiger charge is -2.28. The molecule has 4 atom stereocenters. The van der Waals surface area contributed by atoms with Crippen LogP contribution in [0.1, 0.15) is 33.6 Å². The van der Waals surface area contributed by atoms with Crippen LogP contribution in [0.3, 0.4) is 0 Å². The highest BCUT2D eigenvalue weighted by Gasteiger charge is 2.51. The van der Waals surface area contributed by atoms with Crippen molar-refractivity contribution in [2.75, 3.05) is 13.7 Å². The molecular weight excluding hydrogens is 352 g/mol. The van der Waals surface area contributed by atoms with Crippen LogP contribution in [-0.2, 0) is 14.8 Å². The first-order valence-corrected chi connectivity index (χ1v) is 10.7. The molecule has 0 spiro atoms. The Balaban J connectivity index is 1.70. The second kappa shape index (κ2) is 7.19. The van der Waals surface area contributed by atoms with Gasteiger partial charge in [-0.15, -0.1) is 0 Å². The number of nitrogens with zero attached hydrogens (tertiary/aromatic N) is 1. The van der Waals surface area contributed by atoms with Gasteiger partial charge in [0.1, 0.15) is 5.75 Å². The fourth-order valence-corrected chi connectivity index (χ4v) is 5.68. The summed E-state index contributed by atoms with van der Waals surface area (Å²) in [4.78, 5) is 14.6. The van der Waals surface area contributed by atoms with Crippen molar-refractivity contribution in [3.63, 3.8) is 0 Å². The molecule has 1 N–H and O–H groups in total. The van der Waals surface area contributed by atoms with E-state index in [4.69, 9.17) is 4.74 Å². The zero-order chi connectivity index (χ0) is 19.1. The lowest BCUT2D eigenvalue weighted by molar-refractivity contribution is -0.130. The number of sulfonamides is 1. The molecule has 0 aromatic heterocycles. The van der Waals surface area contributed by atoms with E-state index in [0.29, 0.717) is 24.6 Å². The SMILES string of the molecule is COc1ccc(S(=O)(=O)NC[C@H]2[C@@H]3CC(=O)N(C(C)C)[C@@H]3C[C@@H]2C)cc1. The van der Waals surface area contributed by atoms with E-state index in [9.17, 15) is 13.2 Å². The van der Waals surface area contributed by atoms with Crippen LogP contribution in [-0.4, -0.2) is 45.0 Å². The monoisotopic (exact) mass is 380 g/mol. The molecule has 1 amide bonds. The molecule has 0 bridgehead atoms. The van der Waals surface area contributed by atoms with Gasteiger partial charge in [-0.05, 0) is 62.3 Å². The smallest absolute Gasteiger partial charge is 0.240 e. The van der Waals surface area contributed by atoms with E-state index in [-0.39, 0.29) is 34.7 Å². The largest absolute Gasteiger partial charge is 0.497 e. The third-order valence-corrected chi connectivity index (χ3v) is 7.32. The molecule has 7 heteroatoms. The molecule has 6 nitrogen and oxygen atoms in total. The number of nitrogens with one attached hydrogen (secondary N) is 1. The summed E-state index contributed by atoms with van der Waals surface area (Å²) in [6, 6.07) is 6.80. The predicted octanol–water partition coefficient (Wildman–Crippen LogP) is 2.25. The summed E-state index contributed by atoms with van der Waals surface area (Å²) in [5.74, 6) is 1.62. The lowest BCUT2D eigenvalue weighted by atomic mass is 9.89. The predicted molar refractivity (Wildman–Crippen MR) is 99.3 cm³/mol. The van der Waals surface area contributed by atoms with E-state index >= 15 is 0 Å². The van der Waals surface area contributed by atoms with Crippen LogP contribution in [0.25, 0.3) is 0 Å². The maximum Gasteiger partial charge on any atom is 0.240 e. The number of rotatable bonds is 6. The quantitative estimate of drug-likeness (QED) is 0.821. The summed E-state index contributed by atoms with van der Waals surface area (Å²) < 4.78 is 33.0. The molecule has 1 aliphatic carbocycles. The van der Waals surface area contributed by atoms with Gasteiger partial charge in [-0.1, -0.05) is 6.92 Å². The van der Waals surface area contributed by atoms with Gasteiger partial charge in [-0.3, -0.25) is 4.79 Å². The Kier molecular flexibility index (Phi) is 5.30. The number of carbonyl (C=O) groups is 1. The summed E-state index contributed by atoms with van der Waals surface area (Å²) in [6.07, 6.45) is 1.48. The third-order valence-electron chi connectivity index (χ3n) is 5.88. The normalized spacial score (nSPS) is 28.7. The first kappa shape index (κ1) is 19.2. The third kappa shape index (κ3) is 3.47. The number of hydrogen-bond donors (Lipinski definition) is 1. The minimum Gasteiger partial charge on any atom is -0.497 e. The van der Waals surface area contributed by atoms with E-state index in [2.05, 4.69) is 11.6 Å². The molecular formula is C19H28N2O4S. The summed E-state index contributed by atoms with van der Waals surface area (Å²) >= 11 is 0. The van der Waals surface area contributed by atoms with E-state index in [1.54, 1.807) is 31.4 Å². The number of carbonyl (C=O) groups excluding carboxylic acids is 1. The van der Waals surface area contributed by atoms with Gasteiger partial charge in [0.15, 0.2) is 0 Å². The highest BCUT2D eigenvalue weighted by Crippen LogP contribution is 2.46. The van der Waals surface area contributed by atoms with Crippen LogP contribution in [0, 0.1) is 17.8 Å². The van der Waals surface area contributed by atoms with Crippen molar-refractivity contribution >= 4 is 15.9 Å². The number of hydrogen-bond acceptors (Lipinski definition) is 4. The molecule has 26 heavy (non-hydrogen) atoms. The van der Waals surface area contributed by atoms with Crippen molar-refractivity contribution in [2.24, 2.45) is 17.8 Å². The number of ether oxygens (including phenoxy) is 1. The van der Waals surface area contributed by atoms with Gasteiger partial charge in [0.25, 0.3) is 0 Å². The van der Waals surface area contributed by atoms with Crippen LogP contribution < -0.4 is 9.46 Å². The standard InChI is InChI=1S/C19H28N2O4S/c1-12(2)21-18-9-13(3)17(16(18)10-19(21)22)11-20-26(23,24)15-7-5-14(25-4)6-8-15/h5-8,12-13,16-18,20H,9-11H2,1-4H3/t13-,16-,17+,18+/m0/s1. The zero-order valence-electron chi connectivity index (χ0n) is 15.8. The lowest BCUT2D eigenvalue weighted by Crippen LogP contribution is -2.39. The van der Waals surface area contributed by atoms with Crippen LogP contribution in [0.5, 0.6) is 5.75 Å². The zero-order valence-corrected chi connectivity index (χ0v) is 16.6. The van der Waals surface area contributed by atoms with Gasteiger partial charge < -0.3 is 9.64 Å². The summed E-state index contributed by atoms with van der Waals surface area (Å²) in [5, 5.41) is 0. The van der Waals surface area contributed by atoms with Gasteiger partial charge in [-0.2, -0.15) is 0 Å². The van der Waals surface area contributed by atoms with Crippen molar-refractivity contribution in [3.05, 3.63) is 24.3 Å². The second-order valence-electron chi connectivity index (χ2n) is 7.73. The molecule has 0 unspecified atom stereocenters. The number of fused-ring (bicyclic) bond motifs is 1. The van der Waals surface area contributed by atoms with E-state index in [1.807, 2.05) is 18.7 Å². The van der Waals surface area contributed by atoms with Gasteiger partial charge >= 0.3 is 0 Å². The van der Waals surface area contributed by atoms with Crippen LogP contribution in [0.2, 0.25) is 0 Å². The summed E-state index contributed by atoms with van der Waals surface area (Å²) in [7, 11) is -2.03. The topological polar surface area (TPSA) is 75.7 Å². The van der Waals surface area contributed by atoms with Crippen molar-refractivity contribution in [3.8, 4) is 5.75 Å². The van der Waals surface area contributed by atoms with Gasteiger partial charge in [0.2, 0.25) is 15.9 Å². The summed E-state index contributed by atoms with van der Waals surface area (Å²) in [5.41, 5.74) is 0. The minimum absolute atomic E-state index is 0.181. The van der Waals surface area contributed by atoms with E-state index in [1.165, 1.54) is 0 Å². The molecule has 1 saturated heterocycles. The molecule has 2 fully saturated rings. The fourth-order valence-electron chi connectivity index (χ4n) is 4.60. The molecule has 2 aliphatic rings. The maximum absolute atomic E-state index is 12.6. The molecule has 1 aliphatic heterocycles. The van der Waals surface area contributed by atoms with Gasteiger partial charge in [0.05, 0.1) is 12.0 Å². The molecule has 1 heterocycles. The average molecular weight is 381 g/mol. The van der Waals surface area contributed by atoms with Gasteiger partial charge in [0, 0.05) is 25.0 Å². The number of amides is 1. The highest BCUT2D eigenvalue weighted by molar-refractivity contribution is 7.89. The van der Waals surface area contributed by atoms with Gasteiger partial charge in [-0.25, -0.2) is 13.1 Å². The van der Waals surface area contributed by atoms with Crippen molar-refractivity contribution < 1.29 is 17.9 Å². The number of methoxy groups -OCH3 is 1. The second-order valence-corrected chi connectivity index (χ2v) is 9.50. The molecule has 1 aromatic rings. The van der Waals surface area contributed by atoms with Crippen LogP contribution in [0.15, 0.2) is 29.2 Å². The Labute approximate surface area is 156 Å². The Morgan fingerprint density at radius 2 is 1.92 bits per heavy atom. The Bertz CT molecular complexity index is 760. The minimum atomic E-state index is -3.57. The summed E-state index contributed by atoms with van der Waals surface area (Å²) in [6.45, 7) is 6.62. The molecule has 3 rings (SSSR count).